The van der Waals surface area contributed by atoms with Gasteiger partial charge in [0.25, 0.3) is 0 Å². The second-order valence-corrected chi connectivity index (χ2v) is 5.08. The van der Waals surface area contributed by atoms with Gasteiger partial charge >= 0.3 is 12.1 Å². The van der Waals surface area contributed by atoms with Crippen LogP contribution in [0.1, 0.15) is 25.3 Å². The van der Waals surface area contributed by atoms with Gasteiger partial charge in [-0.1, -0.05) is 30.3 Å². The number of amides is 2. The molecule has 0 heterocycles. The van der Waals surface area contributed by atoms with E-state index in [1.807, 2.05) is 0 Å². The van der Waals surface area contributed by atoms with E-state index in [9.17, 15) is 19.2 Å². The van der Waals surface area contributed by atoms with Crippen molar-refractivity contribution in [3.8, 4) is 0 Å². The highest BCUT2D eigenvalue weighted by molar-refractivity contribution is 5.95. The van der Waals surface area contributed by atoms with Crippen molar-refractivity contribution in [1.29, 1.82) is 0 Å². The molecule has 1 aromatic rings. The number of carbonyl (C=O) groups excluding carboxylic acids is 3. The Morgan fingerprint density at radius 3 is 2.46 bits per heavy atom. The van der Waals surface area contributed by atoms with E-state index < -0.39 is 30.1 Å². The van der Waals surface area contributed by atoms with Gasteiger partial charge in [0, 0.05) is 6.42 Å². The van der Waals surface area contributed by atoms with E-state index in [-0.39, 0.29) is 19.4 Å². The second kappa shape index (κ2) is 9.41. The number of imide groups is 1. The summed E-state index contributed by atoms with van der Waals surface area (Å²) in [6.07, 6.45) is 0.0753. The van der Waals surface area contributed by atoms with E-state index in [4.69, 9.17) is 15.6 Å². The lowest BCUT2D eigenvalue weighted by molar-refractivity contribution is -0.138. The van der Waals surface area contributed by atoms with Crippen molar-refractivity contribution in [2.75, 3.05) is 0 Å². The molecular weight excluding hydrogens is 316 g/mol. The first kappa shape index (κ1) is 19.3. The molecule has 0 bridgehead atoms. The van der Waals surface area contributed by atoms with Gasteiger partial charge in [0.15, 0.2) is 0 Å². The Kier molecular flexibility index (Phi) is 7.57. The molecule has 0 aromatic heterocycles. The van der Waals surface area contributed by atoms with E-state index in [0.717, 1.165) is 0 Å². The van der Waals surface area contributed by atoms with Crippen LogP contribution in [0.5, 0.6) is 0 Å². The summed E-state index contributed by atoms with van der Waals surface area (Å²) in [5.74, 6) is -2.00. The lowest BCUT2D eigenvalue weighted by atomic mass is 10.1. The molecule has 0 saturated heterocycles. The number of nitrogens with zero attached hydrogens (tertiary/aromatic N) is 1. The van der Waals surface area contributed by atoms with E-state index in [2.05, 4.69) is 0 Å². The Bertz CT molecular complexity index is 589. The lowest BCUT2D eigenvalue weighted by Gasteiger charge is -2.23. The quantitative estimate of drug-likeness (QED) is 0.720. The molecule has 0 spiro atoms. The maximum Gasteiger partial charge on any atom is 0.417 e. The number of hydrogen-bond donors (Lipinski definition) is 2. The first-order valence-corrected chi connectivity index (χ1v) is 7.25. The molecule has 2 atom stereocenters. The number of carboxylic acids is 1. The van der Waals surface area contributed by atoms with Gasteiger partial charge in [0.05, 0.1) is 0 Å². The molecule has 0 fully saturated rings. The molecule has 0 aliphatic heterocycles. The van der Waals surface area contributed by atoms with Crippen LogP contribution in [0, 0.1) is 0 Å². The van der Waals surface area contributed by atoms with Gasteiger partial charge in [-0.2, -0.15) is 0 Å². The van der Waals surface area contributed by atoms with Gasteiger partial charge in [-0.3, -0.25) is 14.4 Å². The van der Waals surface area contributed by atoms with Crippen LogP contribution in [-0.4, -0.2) is 46.3 Å². The van der Waals surface area contributed by atoms with Crippen molar-refractivity contribution in [2.24, 2.45) is 5.73 Å². The van der Waals surface area contributed by atoms with Crippen LogP contribution in [0.3, 0.4) is 0 Å². The summed E-state index contributed by atoms with van der Waals surface area (Å²) in [5.41, 5.74) is 6.04. The zero-order chi connectivity index (χ0) is 18.1. The molecule has 129 valence electrons. The Hall–Kier alpha value is -2.74. The molecule has 0 unspecified atom stereocenters. The van der Waals surface area contributed by atoms with E-state index >= 15 is 0 Å². The normalized spacial score (nSPS) is 12.8. The van der Waals surface area contributed by atoms with Crippen molar-refractivity contribution in [3.63, 3.8) is 0 Å². The smallest absolute Gasteiger partial charge is 0.417 e. The third kappa shape index (κ3) is 5.81. The number of aliphatic carboxylic acids is 1. The predicted molar refractivity (Wildman–Crippen MR) is 83.5 cm³/mol. The molecular formula is C16H19N2O6. The summed E-state index contributed by atoms with van der Waals surface area (Å²) >= 11 is 0. The summed E-state index contributed by atoms with van der Waals surface area (Å²) in [6, 6.07) is 6.42. The Morgan fingerprint density at radius 2 is 1.92 bits per heavy atom. The van der Waals surface area contributed by atoms with E-state index in [1.165, 1.54) is 6.92 Å². The standard InChI is InChI=1S/C16H19N2O6/c1-11(9-19)18(14(20)8-7-13(17)15(21)22)16(23)24-10-12-5-3-2-4-6-12/h2-6,11,13H,7-8,10,17H2,1H3,(H,21,22)/t11-,13-/m1/s1. The molecule has 0 aliphatic rings. The summed E-state index contributed by atoms with van der Waals surface area (Å²) in [6.45, 7) is 1.25. The number of carbonyl (C=O) groups is 3. The van der Waals surface area contributed by atoms with Crippen LogP contribution < -0.4 is 5.73 Å². The Labute approximate surface area is 139 Å². The maximum atomic E-state index is 12.1. The predicted octanol–water partition coefficient (Wildman–Crippen LogP) is 0.842. The highest BCUT2D eigenvalue weighted by Gasteiger charge is 2.29. The van der Waals surface area contributed by atoms with Crippen molar-refractivity contribution in [3.05, 3.63) is 35.9 Å². The average molecular weight is 335 g/mol. The largest absolute Gasteiger partial charge is 0.480 e. The number of hydrogen-bond acceptors (Lipinski definition) is 6. The van der Waals surface area contributed by atoms with E-state index in [0.29, 0.717) is 10.5 Å². The fourth-order valence-electron chi connectivity index (χ4n) is 1.84. The van der Waals surface area contributed by atoms with Gasteiger partial charge in [-0.15, -0.1) is 0 Å². The van der Waals surface area contributed by atoms with Gasteiger partial charge in [-0.05, 0) is 18.9 Å². The van der Waals surface area contributed by atoms with Gasteiger partial charge in [0.2, 0.25) is 12.2 Å². The first-order valence-electron chi connectivity index (χ1n) is 7.25. The molecule has 24 heavy (non-hydrogen) atoms. The molecule has 1 rings (SSSR count). The number of ether oxygens (including phenoxy) is 1. The molecule has 1 radical (unpaired) electrons. The summed E-state index contributed by atoms with van der Waals surface area (Å²) in [7, 11) is 0. The van der Waals surface area contributed by atoms with Crippen molar-refractivity contribution in [1.82, 2.24) is 4.90 Å². The van der Waals surface area contributed by atoms with Crippen LogP contribution >= 0.6 is 0 Å². The highest BCUT2D eigenvalue weighted by atomic mass is 16.6. The fourth-order valence-corrected chi connectivity index (χ4v) is 1.84. The Balaban J connectivity index is 2.69. The molecule has 0 aliphatic carbocycles. The third-order valence-electron chi connectivity index (χ3n) is 3.21. The minimum atomic E-state index is -1.25. The van der Waals surface area contributed by atoms with Gasteiger partial charge in [-0.25, -0.2) is 9.69 Å². The minimum Gasteiger partial charge on any atom is -0.480 e. The van der Waals surface area contributed by atoms with Crippen LogP contribution in [0.15, 0.2) is 30.3 Å². The second-order valence-electron chi connectivity index (χ2n) is 5.08. The summed E-state index contributed by atoms with van der Waals surface area (Å²) in [5, 5.41) is 8.70. The molecule has 8 heteroatoms. The maximum absolute atomic E-state index is 12.1. The SMILES string of the molecule is C[C@H]([C]=O)N(C(=O)CC[C@@H](N)C(=O)O)C(=O)OCc1ccccc1. The zero-order valence-corrected chi connectivity index (χ0v) is 13.2. The summed E-state index contributed by atoms with van der Waals surface area (Å²) < 4.78 is 5.03. The van der Waals surface area contributed by atoms with E-state index in [1.54, 1.807) is 36.6 Å². The number of benzene rings is 1. The van der Waals surface area contributed by atoms with Crippen molar-refractivity contribution >= 4 is 24.3 Å². The Morgan fingerprint density at radius 1 is 1.29 bits per heavy atom. The number of rotatable bonds is 8. The average Bonchev–Trinajstić information content (AvgIpc) is 2.58. The monoisotopic (exact) mass is 335 g/mol. The molecule has 8 nitrogen and oxygen atoms in total. The highest BCUT2D eigenvalue weighted by Crippen LogP contribution is 2.09. The van der Waals surface area contributed by atoms with Crippen LogP contribution in [0.25, 0.3) is 0 Å². The molecule has 3 N–H and O–H groups in total. The third-order valence-corrected chi connectivity index (χ3v) is 3.21. The van der Waals surface area contributed by atoms with Crippen molar-refractivity contribution in [2.45, 2.75) is 38.5 Å². The molecule has 1 aromatic carbocycles. The van der Waals surface area contributed by atoms with Crippen LogP contribution in [0.2, 0.25) is 0 Å². The van der Waals surface area contributed by atoms with Crippen molar-refractivity contribution < 1.29 is 29.0 Å². The topological polar surface area (TPSA) is 127 Å². The minimum absolute atomic E-state index is 0.0658. The van der Waals surface area contributed by atoms with Crippen LogP contribution in [-0.2, 0) is 25.7 Å². The van der Waals surface area contributed by atoms with Crippen LogP contribution in [0.4, 0.5) is 4.79 Å². The van der Waals surface area contributed by atoms with Gasteiger partial charge < -0.3 is 15.6 Å². The lowest BCUT2D eigenvalue weighted by Crippen LogP contribution is -2.45. The van der Waals surface area contributed by atoms with Gasteiger partial charge in [0.1, 0.15) is 18.7 Å². The summed E-state index contributed by atoms with van der Waals surface area (Å²) in [4.78, 5) is 46.3. The molecule has 0 saturated carbocycles. The molecule has 2 amide bonds. The number of carboxylic acid groups (broad SMARTS) is 1. The number of nitrogens with two attached hydrogens (primary N) is 1. The fraction of sp³-hybridized carbons (Fsp3) is 0.375. The zero-order valence-electron chi connectivity index (χ0n) is 13.2. The first-order chi connectivity index (χ1) is 11.4.